The van der Waals surface area contributed by atoms with Gasteiger partial charge in [-0.15, -0.1) is 12.4 Å². The van der Waals surface area contributed by atoms with Crippen LogP contribution in [0.5, 0.6) is 0 Å². The molecule has 1 unspecified atom stereocenters. The fourth-order valence-corrected chi connectivity index (χ4v) is 3.25. The fraction of sp³-hybridized carbons (Fsp3) is 0.438. The molecular formula is C16H21Cl2FN4. The van der Waals surface area contributed by atoms with Gasteiger partial charge in [-0.1, -0.05) is 17.7 Å². The normalized spacial score (nSPS) is 18.7. The molecule has 0 aliphatic carbocycles. The fourth-order valence-electron chi connectivity index (χ4n) is 2.99. The van der Waals surface area contributed by atoms with E-state index in [1.807, 2.05) is 24.0 Å². The third kappa shape index (κ3) is 4.04. The molecule has 1 aliphatic heterocycles. The van der Waals surface area contributed by atoms with E-state index in [0.29, 0.717) is 17.0 Å². The lowest BCUT2D eigenvalue weighted by molar-refractivity contribution is 0.154. The first-order valence-corrected chi connectivity index (χ1v) is 7.89. The van der Waals surface area contributed by atoms with E-state index in [-0.39, 0.29) is 24.3 Å². The molecule has 0 bridgehead atoms. The molecule has 2 heterocycles. The van der Waals surface area contributed by atoms with Gasteiger partial charge in [0.25, 0.3) is 0 Å². The van der Waals surface area contributed by atoms with E-state index in [1.165, 1.54) is 6.07 Å². The quantitative estimate of drug-likeness (QED) is 0.912. The van der Waals surface area contributed by atoms with E-state index >= 15 is 0 Å². The molecule has 1 aliphatic rings. The van der Waals surface area contributed by atoms with E-state index in [0.717, 1.165) is 32.0 Å². The van der Waals surface area contributed by atoms with E-state index in [2.05, 4.69) is 15.2 Å². The number of hydrogen-bond donors (Lipinski definition) is 1. The second kappa shape index (κ2) is 8.11. The van der Waals surface area contributed by atoms with Crippen molar-refractivity contribution in [3.8, 4) is 0 Å². The summed E-state index contributed by atoms with van der Waals surface area (Å²) < 4.78 is 15.9. The highest BCUT2D eigenvalue weighted by Gasteiger charge is 2.26. The number of aryl methyl sites for hydroxylation is 1. The number of rotatable bonds is 4. The van der Waals surface area contributed by atoms with Crippen molar-refractivity contribution in [2.24, 2.45) is 7.05 Å². The van der Waals surface area contributed by atoms with E-state index in [1.54, 1.807) is 12.1 Å². The highest BCUT2D eigenvalue weighted by molar-refractivity contribution is 6.31. The number of nitrogens with zero attached hydrogens (tertiary/aromatic N) is 3. The zero-order chi connectivity index (χ0) is 15.5. The molecule has 4 nitrogen and oxygen atoms in total. The maximum Gasteiger partial charge on any atom is 0.127 e. The van der Waals surface area contributed by atoms with Gasteiger partial charge in [0.2, 0.25) is 0 Å². The van der Waals surface area contributed by atoms with Gasteiger partial charge >= 0.3 is 0 Å². The largest absolute Gasteiger partial charge is 0.337 e. The van der Waals surface area contributed by atoms with Gasteiger partial charge in [0.15, 0.2) is 0 Å². The molecule has 1 N–H and O–H groups in total. The summed E-state index contributed by atoms with van der Waals surface area (Å²) in [5, 5.41) is 3.91. The molecule has 1 aromatic heterocycles. The van der Waals surface area contributed by atoms with E-state index < -0.39 is 0 Å². The minimum absolute atomic E-state index is 0. The van der Waals surface area contributed by atoms with Crippen molar-refractivity contribution in [3.63, 3.8) is 0 Å². The van der Waals surface area contributed by atoms with Crippen molar-refractivity contribution in [2.45, 2.75) is 12.5 Å². The first-order chi connectivity index (χ1) is 10.7. The molecule has 1 fully saturated rings. The Morgan fingerprint density at radius 2 is 2.26 bits per heavy atom. The SMILES string of the molecule is Cl.Cn1ccnc1C1CNCCN1CCc1c(F)cccc1Cl. The maximum atomic E-state index is 13.9. The number of benzene rings is 1. The van der Waals surface area contributed by atoms with Gasteiger partial charge in [-0.05, 0) is 18.6 Å². The topological polar surface area (TPSA) is 33.1 Å². The predicted molar refractivity (Wildman–Crippen MR) is 92.8 cm³/mol. The van der Waals surface area contributed by atoms with Crippen molar-refractivity contribution in [1.29, 1.82) is 0 Å². The number of piperazine rings is 1. The third-order valence-electron chi connectivity index (χ3n) is 4.22. The Labute approximate surface area is 147 Å². The zero-order valence-corrected chi connectivity index (χ0v) is 14.6. The summed E-state index contributed by atoms with van der Waals surface area (Å²) in [5.41, 5.74) is 0.598. The van der Waals surface area contributed by atoms with Crippen LogP contribution < -0.4 is 5.32 Å². The van der Waals surface area contributed by atoms with Crippen LogP contribution in [0.1, 0.15) is 17.4 Å². The van der Waals surface area contributed by atoms with E-state index in [9.17, 15) is 4.39 Å². The average Bonchev–Trinajstić information content (AvgIpc) is 2.93. The summed E-state index contributed by atoms with van der Waals surface area (Å²) in [6, 6.07) is 5.06. The van der Waals surface area contributed by atoms with Crippen molar-refractivity contribution in [2.75, 3.05) is 26.2 Å². The average molecular weight is 359 g/mol. The molecule has 0 saturated carbocycles. The molecule has 23 heavy (non-hydrogen) atoms. The highest BCUT2D eigenvalue weighted by atomic mass is 35.5. The van der Waals surface area contributed by atoms with Crippen LogP contribution in [0, 0.1) is 5.82 Å². The molecule has 126 valence electrons. The van der Waals surface area contributed by atoms with Crippen LogP contribution in [0.2, 0.25) is 5.02 Å². The van der Waals surface area contributed by atoms with Crippen molar-refractivity contribution < 1.29 is 4.39 Å². The van der Waals surface area contributed by atoms with Crippen LogP contribution >= 0.6 is 24.0 Å². The van der Waals surface area contributed by atoms with Gasteiger partial charge < -0.3 is 9.88 Å². The summed E-state index contributed by atoms with van der Waals surface area (Å²) in [7, 11) is 2.00. The Morgan fingerprint density at radius 3 is 2.96 bits per heavy atom. The lowest BCUT2D eigenvalue weighted by Crippen LogP contribution is -2.47. The predicted octanol–water partition coefficient (Wildman–Crippen LogP) is 2.82. The molecule has 1 saturated heterocycles. The van der Waals surface area contributed by atoms with Crippen LogP contribution in [0.25, 0.3) is 0 Å². The van der Waals surface area contributed by atoms with Crippen LogP contribution in [0.4, 0.5) is 4.39 Å². The third-order valence-corrected chi connectivity index (χ3v) is 4.58. The minimum Gasteiger partial charge on any atom is -0.337 e. The smallest absolute Gasteiger partial charge is 0.127 e. The lowest BCUT2D eigenvalue weighted by atomic mass is 10.1. The summed E-state index contributed by atoms with van der Waals surface area (Å²) in [5.74, 6) is 0.808. The van der Waals surface area contributed by atoms with E-state index in [4.69, 9.17) is 11.6 Å². The van der Waals surface area contributed by atoms with Crippen molar-refractivity contribution in [3.05, 3.63) is 52.8 Å². The Hall–Kier alpha value is -1.14. The molecular weight excluding hydrogens is 338 g/mol. The zero-order valence-electron chi connectivity index (χ0n) is 13.0. The first kappa shape index (κ1) is 18.2. The van der Waals surface area contributed by atoms with Crippen LogP contribution in [0.15, 0.2) is 30.6 Å². The summed E-state index contributed by atoms with van der Waals surface area (Å²) in [6.07, 6.45) is 4.37. The minimum atomic E-state index is -0.226. The van der Waals surface area contributed by atoms with Crippen molar-refractivity contribution >= 4 is 24.0 Å². The van der Waals surface area contributed by atoms with Crippen LogP contribution in [0.3, 0.4) is 0 Å². The molecule has 0 spiro atoms. The number of nitrogens with one attached hydrogen (secondary N) is 1. The Balaban J connectivity index is 0.00000192. The Morgan fingerprint density at radius 1 is 1.43 bits per heavy atom. The molecule has 0 radical (unpaired) electrons. The lowest BCUT2D eigenvalue weighted by Gasteiger charge is -2.35. The second-order valence-corrected chi connectivity index (χ2v) is 6.01. The molecule has 3 rings (SSSR count). The Kier molecular flexibility index (Phi) is 6.41. The van der Waals surface area contributed by atoms with Crippen molar-refractivity contribution in [1.82, 2.24) is 19.8 Å². The molecule has 1 aromatic carbocycles. The molecule has 0 amide bonds. The summed E-state index contributed by atoms with van der Waals surface area (Å²) >= 11 is 6.12. The second-order valence-electron chi connectivity index (χ2n) is 5.60. The van der Waals surface area contributed by atoms with Gasteiger partial charge in [0.1, 0.15) is 11.6 Å². The Bertz CT molecular complexity index is 627. The van der Waals surface area contributed by atoms with Crippen LogP contribution in [-0.2, 0) is 13.5 Å². The number of imidazole rings is 1. The number of aromatic nitrogens is 2. The van der Waals surface area contributed by atoms with Gasteiger partial charge in [0, 0.05) is 56.2 Å². The summed E-state index contributed by atoms with van der Waals surface area (Å²) in [6.45, 7) is 3.48. The highest BCUT2D eigenvalue weighted by Crippen LogP contribution is 2.23. The number of hydrogen-bond acceptors (Lipinski definition) is 3. The van der Waals surface area contributed by atoms with Gasteiger partial charge in [0.05, 0.1) is 6.04 Å². The van der Waals surface area contributed by atoms with Gasteiger partial charge in [-0.2, -0.15) is 0 Å². The standard InChI is InChI=1S/C16H20ClFN4.ClH/c1-21-9-7-20-16(21)15-11-19-6-10-22(15)8-5-12-13(17)3-2-4-14(12)18;/h2-4,7,9,15,19H,5-6,8,10-11H2,1H3;1H. The molecule has 7 heteroatoms. The first-order valence-electron chi connectivity index (χ1n) is 7.51. The summed E-state index contributed by atoms with van der Waals surface area (Å²) in [4.78, 5) is 6.81. The van der Waals surface area contributed by atoms with Gasteiger partial charge in [-0.3, -0.25) is 4.90 Å². The molecule has 1 atom stereocenters. The number of halogens is 3. The van der Waals surface area contributed by atoms with Crippen LogP contribution in [-0.4, -0.2) is 40.6 Å². The maximum absolute atomic E-state index is 13.9. The monoisotopic (exact) mass is 358 g/mol. The molecule has 2 aromatic rings. The van der Waals surface area contributed by atoms with Gasteiger partial charge in [-0.25, -0.2) is 9.37 Å².